The zero-order chi connectivity index (χ0) is 17.2. The van der Waals surface area contributed by atoms with E-state index in [9.17, 15) is 19.1 Å². The lowest BCUT2D eigenvalue weighted by molar-refractivity contribution is -0.144. The number of aryl methyl sites for hydroxylation is 1. The number of nitrogens with one attached hydrogen (secondary N) is 1. The van der Waals surface area contributed by atoms with Gasteiger partial charge in [0.25, 0.3) is 5.91 Å². The maximum atomic E-state index is 13.8. The minimum atomic E-state index is -1.62. The molecular formula is C16H22FN3O3. The molecule has 0 aliphatic carbocycles. The van der Waals surface area contributed by atoms with Crippen molar-refractivity contribution in [3.8, 4) is 0 Å². The average molecular weight is 323 g/mol. The van der Waals surface area contributed by atoms with Gasteiger partial charge in [-0.15, -0.1) is 0 Å². The molecule has 0 bridgehead atoms. The van der Waals surface area contributed by atoms with E-state index in [2.05, 4.69) is 5.32 Å². The number of amides is 2. The predicted molar refractivity (Wildman–Crippen MR) is 84.2 cm³/mol. The van der Waals surface area contributed by atoms with Gasteiger partial charge in [-0.25, -0.2) is 4.39 Å². The van der Waals surface area contributed by atoms with Gasteiger partial charge in [0.1, 0.15) is 5.82 Å². The van der Waals surface area contributed by atoms with E-state index in [1.54, 1.807) is 24.8 Å². The molecular weight excluding hydrogens is 301 g/mol. The van der Waals surface area contributed by atoms with Crippen molar-refractivity contribution in [2.75, 3.05) is 18.4 Å². The highest BCUT2D eigenvalue weighted by molar-refractivity contribution is 5.94. The summed E-state index contributed by atoms with van der Waals surface area (Å²) >= 11 is 0. The Kier molecular flexibility index (Phi) is 5.01. The quantitative estimate of drug-likeness (QED) is 0.763. The van der Waals surface area contributed by atoms with Crippen LogP contribution in [0.5, 0.6) is 0 Å². The number of rotatable bonds is 4. The van der Waals surface area contributed by atoms with Crippen molar-refractivity contribution >= 4 is 17.5 Å². The second-order valence-corrected chi connectivity index (χ2v) is 6.12. The first-order valence-electron chi connectivity index (χ1n) is 7.56. The van der Waals surface area contributed by atoms with E-state index in [1.807, 2.05) is 0 Å². The highest BCUT2D eigenvalue weighted by Gasteiger charge is 2.41. The van der Waals surface area contributed by atoms with Crippen molar-refractivity contribution in [3.63, 3.8) is 0 Å². The molecule has 2 amide bonds. The Morgan fingerprint density at radius 2 is 2.17 bits per heavy atom. The van der Waals surface area contributed by atoms with Crippen molar-refractivity contribution in [3.05, 3.63) is 29.6 Å². The number of carbonyl (C=O) groups excluding carboxylic acids is 2. The van der Waals surface area contributed by atoms with Gasteiger partial charge in [-0.3, -0.25) is 14.5 Å². The molecule has 6 nitrogen and oxygen atoms in total. The van der Waals surface area contributed by atoms with Crippen LogP contribution in [0.25, 0.3) is 0 Å². The molecule has 0 spiro atoms. The molecule has 1 aromatic carbocycles. The van der Waals surface area contributed by atoms with Gasteiger partial charge in [0.05, 0.1) is 11.7 Å². The highest BCUT2D eigenvalue weighted by atomic mass is 19.1. The number of anilines is 1. The number of aliphatic hydroxyl groups is 1. The summed E-state index contributed by atoms with van der Waals surface area (Å²) in [6.45, 7) is 3.96. The van der Waals surface area contributed by atoms with Gasteiger partial charge in [-0.1, -0.05) is 6.07 Å². The summed E-state index contributed by atoms with van der Waals surface area (Å²) in [5.74, 6) is -1.70. The number of nitrogens with two attached hydrogens (primary N) is 1. The van der Waals surface area contributed by atoms with Crippen LogP contribution in [0.15, 0.2) is 18.2 Å². The lowest BCUT2D eigenvalue weighted by Gasteiger charge is -2.39. The summed E-state index contributed by atoms with van der Waals surface area (Å²) in [5.41, 5.74) is 4.48. The third kappa shape index (κ3) is 3.86. The fourth-order valence-electron chi connectivity index (χ4n) is 2.72. The second kappa shape index (κ2) is 6.64. The van der Waals surface area contributed by atoms with Gasteiger partial charge in [-0.05, 0) is 50.9 Å². The van der Waals surface area contributed by atoms with Crippen LogP contribution in [0.3, 0.4) is 0 Å². The fraction of sp³-hybridized carbons (Fsp3) is 0.500. The lowest BCUT2D eigenvalue weighted by Crippen LogP contribution is -2.59. The number of hydrogen-bond donors (Lipinski definition) is 3. The molecule has 1 saturated heterocycles. The Balaban J connectivity index is 2.06. The standard InChI is InChI=1S/C16H22FN3O3/c1-10-4-5-13(12(17)8-10)19-14(21)11(2)20-7-3-6-16(23,9-20)15(18)22/h4-5,8,11,23H,3,6-7,9H2,1-2H3,(H2,18,22)(H,19,21). The van der Waals surface area contributed by atoms with Crippen molar-refractivity contribution in [1.29, 1.82) is 0 Å². The average Bonchev–Trinajstić information content (AvgIpc) is 2.49. The predicted octanol–water partition coefficient (Wildman–Crippen LogP) is 0.773. The van der Waals surface area contributed by atoms with Crippen LogP contribution >= 0.6 is 0 Å². The number of piperidine rings is 1. The zero-order valence-electron chi connectivity index (χ0n) is 13.3. The summed E-state index contributed by atoms with van der Waals surface area (Å²) in [7, 11) is 0. The molecule has 2 unspecified atom stereocenters. The van der Waals surface area contributed by atoms with Gasteiger partial charge < -0.3 is 16.2 Å². The monoisotopic (exact) mass is 323 g/mol. The van der Waals surface area contributed by atoms with E-state index >= 15 is 0 Å². The number of halogens is 1. The van der Waals surface area contributed by atoms with Crippen molar-refractivity contribution in [1.82, 2.24) is 4.90 Å². The van der Waals surface area contributed by atoms with Crippen molar-refractivity contribution in [2.24, 2.45) is 5.73 Å². The molecule has 4 N–H and O–H groups in total. The Morgan fingerprint density at radius 1 is 1.48 bits per heavy atom. The summed E-state index contributed by atoms with van der Waals surface area (Å²) in [6.07, 6.45) is 0.829. The third-order valence-electron chi connectivity index (χ3n) is 4.27. The molecule has 126 valence electrons. The number of β-amino-alcohol motifs (C(OH)–C–C–N with tert-alkyl or cyclic N) is 1. The Bertz CT molecular complexity index is 623. The van der Waals surface area contributed by atoms with Crippen molar-refractivity contribution in [2.45, 2.75) is 38.3 Å². The Labute approximate surface area is 134 Å². The van der Waals surface area contributed by atoms with Crippen LogP contribution in [0.2, 0.25) is 0 Å². The summed E-state index contributed by atoms with van der Waals surface area (Å²) in [5, 5.41) is 12.7. The smallest absolute Gasteiger partial charge is 0.250 e. The van der Waals surface area contributed by atoms with Gasteiger partial charge >= 0.3 is 0 Å². The van der Waals surface area contributed by atoms with E-state index < -0.39 is 29.3 Å². The van der Waals surface area contributed by atoms with E-state index in [0.717, 1.165) is 5.56 Å². The SMILES string of the molecule is Cc1ccc(NC(=O)C(C)N2CCCC(O)(C(N)=O)C2)c(F)c1. The molecule has 1 heterocycles. The number of likely N-dealkylation sites (tertiary alicyclic amines) is 1. The van der Waals surface area contributed by atoms with Crippen molar-refractivity contribution < 1.29 is 19.1 Å². The topological polar surface area (TPSA) is 95.7 Å². The molecule has 7 heteroatoms. The molecule has 0 radical (unpaired) electrons. The second-order valence-electron chi connectivity index (χ2n) is 6.12. The molecule has 1 fully saturated rings. The van der Waals surface area contributed by atoms with Gasteiger partial charge in [0.15, 0.2) is 5.60 Å². The molecule has 2 rings (SSSR count). The lowest BCUT2D eigenvalue weighted by atomic mass is 9.91. The maximum absolute atomic E-state index is 13.8. The first-order chi connectivity index (χ1) is 10.7. The first kappa shape index (κ1) is 17.4. The summed E-state index contributed by atoms with van der Waals surface area (Å²) in [4.78, 5) is 25.4. The minimum absolute atomic E-state index is 0.00665. The Morgan fingerprint density at radius 3 is 2.78 bits per heavy atom. The summed E-state index contributed by atoms with van der Waals surface area (Å²) in [6, 6.07) is 3.93. The molecule has 0 aromatic heterocycles. The number of benzene rings is 1. The molecule has 1 aromatic rings. The van der Waals surface area contributed by atoms with E-state index in [0.29, 0.717) is 13.0 Å². The van der Waals surface area contributed by atoms with Crippen LogP contribution in [0.4, 0.5) is 10.1 Å². The number of nitrogens with zero attached hydrogens (tertiary/aromatic N) is 1. The van der Waals surface area contributed by atoms with Gasteiger partial charge in [0, 0.05) is 6.54 Å². The maximum Gasteiger partial charge on any atom is 0.250 e. The molecule has 1 aliphatic rings. The van der Waals surface area contributed by atoms with Crippen LogP contribution in [-0.2, 0) is 9.59 Å². The molecule has 0 saturated carbocycles. The first-order valence-corrected chi connectivity index (χ1v) is 7.56. The van der Waals surface area contributed by atoms with E-state index in [4.69, 9.17) is 5.73 Å². The largest absolute Gasteiger partial charge is 0.379 e. The number of carbonyl (C=O) groups is 2. The highest BCUT2D eigenvalue weighted by Crippen LogP contribution is 2.23. The minimum Gasteiger partial charge on any atom is -0.379 e. The van der Waals surface area contributed by atoms with Crippen LogP contribution in [-0.4, -0.2) is 46.6 Å². The summed E-state index contributed by atoms with van der Waals surface area (Å²) < 4.78 is 13.8. The fourth-order valence-corrected chi connectivity index (χ4v) is 2.72. The zero-order valence-corrected chi connectivity index (χ0v) is 13.3. The number of primary amides is 1. The van der Waals surface area contributed by atoms with Crippen LogP contribution < -0.4 is 11.1 Å². The molecule has 2 atom stereocenters. The normalized spacial score (nSPS) is 23.3. The van der Waals surface area contributed by atoms with E-state index in [-0.39, 0.29) is 18.7 Å². The van der Waals surface area contributed by atoms with Gasteiger partial charge in [-0.2, -0.15) is 0 Å². The van der Waals surface area contributed by atoms with Crippen LogP contribution in [0.1, 0.15) is 25.3 Å². The van der Waals surface area contributed by atoms with Gasteiger partial charge in [0.2, 0.25) is 5.91 Å². The number of hydrogen-bond acceptors (Lipinski definition) is 4. The van der Waals surface area contributed by atoms with E-state index in [1.165, 1.54) is 12.1 Å². The third-order valence-corrected chi connectivity index (χ3v) is 4.27. The van der Waals surface area contributed by atoms with Crippen LogP contribution in [0, 0.1) is 12.7 Å². The molecule has 23 heavy (non-hydrogen) atoms. The molecule has 1 aliphatic heterocycles. The Hall–Kier alpha value is -1.99.